The zero-order valence-corrected chi connectivity index (χ0v) is 9.95. The topological polar surface area (TPSA) is 44.5 Å². The molecule has 3 nitrogen and oxygen atoms in total. The lowest BCUT2D eigenvalue weighted by Crippen LogP contribution is -2.10. The number of hydrogen-bond donors (Lipinski definition) is 1. The van der Waals surface area contributed by atoms with Crippen molar-refractivity contribution in [3.63, 3.8) is 0 Å². The molecule has 0 aromatic heterocycles. The van der Waals surface area contributed by atoms with Crippen LogP contribution in [0.2, 0.25) is 0 Å². The van der Waals surface area contributed by atoms with Gasteiger partial charge in [-0.05, 0) is 37.1 Å². The van der Waals surface area contributed by atoms with Crippen LogP contribution in [0.1, 0.15) is 18.9 Å². The maximum absolute atomic E-state index is 5.57. The van der Waals surface area contributed by atoms with Crippen molar-refractivity contribution in [3.8, 4) is 5.75 Å². The van der Waals surface area contributed by atoms with Gasteiger partial charge in [0, 0.05) is 6.61 Å². The van der Waals surface area contributed by atoms with Crippen LogP contribution in [0, 0.1) is 0 Å². The number of nitrogens with two attached hydrogens (primary N) is 1. The summed E-state index contributed by atoms with van der Waals surface area (Å²) in [5.74, 6) is 0.918. The first-order chi connectivity index (χ1) is 7.86. The summed E-state index contributed by atoms with van der Waals surface area (Å²) in [7, 11) is 0. The Morgan fingerprint density at radius 2 is 2.06 bits per heavy atom. The van der Waals surface area contributed by atoms with Gasteiger partial charge in [0.05, 0.1) is 6.61 Å². The number of benzene rings is 1. The van der Waals surface area contributed by atoms with Gasteiger partial charge in [0.15, 0.2) is 0 Å². The zero-order valence-electron chi connectivity index (χ0n) is 9.95. The summed E-state index contributed by atoms with van der Waals surface area (Å²) in [6.07, 6.45) is 1.94. The summed E-state index contributed by atoms with van der Waals surface area (Å²) in [6, 6.07) is 8.16. The summed E-state index contributed by atoms with van der Waals surface area (Å²) < 4.78 is 10.9. The number of ether oxygens (including phenoxy) is 2. The fourth-order valence-electron chi connectivity index (χ4n) is 1.36. The summed E-state index contributed by atoms with van der Waals surface area (Å²) in [4.78, 5) is 0. The molecule has 3 heteroatoms. The molecule has 0 amide bonds. The Kier molecular flexibility index (Phi) is 6.61. The van der Waals surface area contributed by atoms with Crippen LogP contribution >= 0.6 is 0 Å². The third kappa shape index (κ3) is 5.14. The molecule has 1 rings (SSSR count). The van der Waals surface area contributed by atoms with E-state index in [2.05, 4.69) is 19.1 Å². The van der Waals surface area contributed by atoms with E-state index in [1.165, 1.54) is 5.56 Å². The van der Waals surface area contributed by atoms with Crippen LogP contribution in [0.15, 0.2) is 24.3 Å². The third-order valence-electron chi connectivity index (χ3n) is 2.30. The Morgan fingerprint density at radius 3 is 2.81 bits per heavy atom. The lowest BCUT2D eigenvalue weighted by molar-refractivity contribution is 0.0994. The van der Waals surface area contributed by atoms with Crippen molar-refractivity contribution in [2.24, 2.45) is 5.73 Å². The first-order valence-electron chi connectivity index (χ1n) is 5.86. The lowest BCUT2D eigenvalue weighted by Gasteiger charge is -2.07. The van der Waals surface area contributed by atoms with Gasteiger partial charge in [-0.2, -0.15) is 0 Å². The molecule has 0 bridgehead atoms. The van der Waals surface area contributed by atoms with Crippen molar-refractivity contribution in [1.29, 1.82) is 0 Å². The molecule has 16 heavy (non-hydrogen) atoms. The predicted octanol–water partition coefficient (Wildman–Crippen LogP) is 1.99. The Balaban J connectivity index is 2.16. The minimum absolute atomic E-state index is 0.595. The molecule has 0 heterocycles. The molecule has 0 aliphatic rings. The zero-order chi connectivity index (χ0) is 11.6. The number of hydrogen-bond acceptors (Lipinski definition) is 3. The first-order valence-corrected chi connectivity index (χ1v) is 5.86. The van der Waals surface area contributed by atoms with Gasteiger partial charge in [-0.3, -0.25) is 0 Å². The summed E-state index contributed by atoms with van der Waals surface area (Å²) in [5.41, 5.74) is 6.65. The van der Waals surface area contributed by atoms with Crippen molar-refractivity contribution in [2.75, 3.05) is 26.4 Å². The average Bonchev–Trinajstić information content (AvgIpc) is 2.34. The van der Waals surface area contributed by atoms with Crippen LogP contribution < -0.4 is 10.5 Å². The second-order valence-corrected chi connectivity index (χ2v) is 3.60. The molecule has 2 N–H and O–H groups in total. The highest BCUT2D eigenvalue weighted by atomic mass is 16.5. The van der Waals surface area contributed by atoms with Crippen LogP contribution in [0.3, 0.4) is 0 Å². The van der Waals surface area contributed by atoms with Crippen molar-refractivity contribution in [1.82, 2.24) is 0 Å². The van der Waals surface area contributed by atoms with E-state index in [0.717, 1.165) is 25.2 Å². The van der Waals surface area contributed by atoms with E-state index in [-0.39, 0.29) is 0 Å². The van der Waals surface area contributed by atoms with Gasteiger partial charge in [0.25, 0.3) is 0 Å². The van der Waals surface area contributed by atoms with Crippen LogP contribution in [0.25, 0.3) is 0 Å². The second-order valence-electron chi connectivity index (χ2n) is 3.60. The molecule has 0 radical (unpaired) electrons. The van der Waals surface area contributed by atoms with E-state index < -0.39 is 0 Å². The highest BCUT2D eigenvalue weighted by molar-refractivity contribution is 5.28. The molecule has 0 saturated heterocycles. The number of aryl methyl sites for hydroxylation is 1. The van der Waals surface area contributed by atoms with Crippen molar-refractivity contribution >= 4 is 0 Å². The highest BCUT2D eigenvalue weighted by Crippen LogP contribution is 2.13. The minimum atomic E-state index is 0.595. The molecule has 0 aliphatic carbocycles. The molecule has 0 saturated carbocycles. The first kappa shape index (κ1) is 13.0. The summed E-state index contributed by atoms with van der Waals surface area (Å²) in [6.45, 7) is 4.75. The smallest absolute Gasteiger partial charge is 0.119 e. The van der Waals surface area contributed by atoms with E-state index in [9.17, 15) is 0 Å². The van der Waals surface area contributed by atoms with Gasteiger partial charge in [-0.25, -0.2) is 0 Å². The van der Waals surface area contributed by atoms with Crippen LogP contribution in [-0.2, 0) is 11.2 Å². The van der Waals surface area contributed by atoms with Gasteiger partial charge in [0.1, 0.15) is 12.4 Å². The Bertz CT molecular complexity index is 289. The largest absolute Gasteiger partial charge is 0.491 e. The van der Waals surface area contributed by atoms with Gasteiger partial charge in [0.2, 0.25) is 0 Å². The molecule has 1 aromatic rings. The van der Waals surface area contributed by atoms with Crippen LogP contribution in [0.5, 0.6) is 5.75 Å². The third-order valence-corrected chi connectivity index (χ3v) is 2.30. The SMILES string of the molecule is CCc1cccc(OCCOCCCN)c1. The quantitative estimate of drug-likeness (QED) is 0.685. The summed E-state index contributed by atoms with van der Waals surface area (Å²) >= 11 is 0. The van der Waals surface area contributed by atoms with Gasteiger partial charge in [-0.15, -0.1) is 0 Å². The van der Waals surface area contributed by atoms with E-state index in [4.69, 9.17) is 15.2 Å². The molecule has 1 aromatic carbocycles. The molecule has 90 valence electrons. The van der Waals surface area contributed by atoms with Crippen molar-refractivity contribution in [3.05, 3.63) is 29.8 Å². The normalized spacial score (nSPS) is 10.4. The molecule has 0 fully saturated rings. The lowest BCUT2D eigenvalue weighted by atomic mass is 10.2. The average molecular weight is 223 g/mol. The van der Waals surface area contributed by atoms with Crippen LogP contribution in [0.4, 0.5) is 0 Å². The van der Waals surface area contributed by atoms with Crippen molar-refractivity contribution < 1.29 is 9.47 Å². The monoisotopic (exact) mass is 223 g/mol. The van der Waals surface area contributed by atoms with Crippen molar-refractivity contribution in [2.45, 2.75) is 19.8 Å². The maximum atomic E-state index is 5.57. The summed E-state index contributed by atoms with van der Waals surface area (Å²) in [5, 5.41) is 0. The fraction of sp³-hybridized carbons (Fsp3) is 0.538. The molecular formula is C13H21NO2. The maximum Gasteiger partial charge on any atom is 0.119 e. The fourth-order valence-corrected chi connectivity index (χ4v) is 1.36. The molecular weight excluding hydrogens is 202 g/mol. The predicted molar refractivity (Wildman–Crippen MR) is 65.8 cm³/mol. The number of rotatable bonds is 8. The Hall–Kier alpha value is -1.06. The van der Waals surface area contributed by atoms with Gasteiger partial charge in [-0.1, -0.05) is 19.1 Å². The van der Waals surface area contributed by atoms with E-state index in [1.54, 1.807) is 0 Å². The standard InChI is InChI=1S/C13H21NO2/c1-2-12-5-3-6-13(11-12)16-10-9-15-8-4-7-14/h3,5-6,11H,2,4,7-10,14H2,1H3. The Morgan fingerprint density at radius 1 is 1.19 bits per heavy atom. The second kappa shape index (κ2) is 8.13. The highest BCUT2D eigenvalue weighted by Gasteiger charge is 1.95. The van der Waals surface area contributed by atoms with Crippen LogP contribution in [-0.4, -0.2) is 26.4 Å². The minimum Gasteiger partial charge on any atom is -0.491 e. The Labute approximate surface area is 97.6 Å². The van der Waals surface area contributed by atoms with Gasteiger partial charge < -0.3 is 15.2 Å². The molecule has 0 atom stereocenters. The van der Waals surface area contributed by atoms with E-state index in [1.807, 2.05) is 12.1 Å². The van der Waals surface area contributed by atoms with Gasteiger partial charge >= 0.3 is 0 Å². The van der Waals surface area contributed by atoms with E-state index in [0.29, 0.717) is 19.8 Å². The molecule has 0 aliphatic heterocycles. The molecule has 0 unspecified atom stereocenters. The molecule has 0 spiro atoms. The van der Waals surface area contributed by atoms with E-state index >= 15 is 0 Å².